The maximum absolute atomic E-state index is 6.21. The molecule has 0 aliphatic rings. The Morgan fingerprint density at radius 1 is 1.25 bits per heavy atom. The van der Waals surface area contributed by atoms with Crippen molar-refractivity contribution in [2.45, 2.75) is 26.3 Å². The lowest BCUT2D eigenvalue weighted by molar-refractivity contribution is 0.597. The quantitative estimate of drug-likeness (QED) is 0.827. The predicted molar refractivity (Wildman–Crippen MR) is 88.3 cm³/mol. The number of rotatable bonds is 5. The summed E-state index contributed by atoms with van der Waals surface area (Å²) in [4.78, 5) is 4.39. The molecule has 0 saturated heterocycles. The molecule has 0 amide bonds. The second-order valence-electron chi connectivity index (χ2n) is 4.79. The highest BCUT2D eigenvalue weighted by Gasteiger charge is 2.14. The lowest BCUT2D eigenvalue weighted by Crippen LogP contribution is -2.23. The van der Waals surface area contributed by atoms with Gasteiger partial charge >= 0.3 is 0 Å². The largest absolute Gasteiger partial charge is 0.306 e. The summed E-state index contributed by atoms with van der Waals surface area (Å²) in [6, 6.07) is 10.3. The van der Waals surface area contributed by atoms with Crippen LogP contribution in [0.3, 0.4) is 0 Å². The fourth-order valence-corrected chi connectivity index (χ4v) is 2.49. The van der Waals surface area contributed by atoms with E-state index in [9.17, 15) is 0 Å². The van der Waals surface area contributed by atoms with E-state index in [4.69, 9.17) is 11.6 Å². The van der Waals surface area contributed by atoms with Crippen molar-refractivity contribution < 1.29 is 0 Å². The number of aromatic nitrogens is 1. The Labute approximate surface area is 133 Å². The molecular weight excluding hydrogens is 336 g/mol. The predicted octanol–water partition coefficient (Wildman–Crippen LogP) is 4.89. The van der Waals surface area contributed by atoms with Gasteiger partial charge in [0.15, 0.2) is 0 Å². The number of halogens is 2. The van der Waals surface area contributed by atoms with Crippen molar-refractivity contribution in [1.29, 1.82) is 0 Å². The van der Waals surface area contributed by atoms with Crippen LogP contribution in [0, 0.1) is 6.92 Å². The highest BCUT2D eigenvalue weighted by atomic mass is 79.9. The van der Waals surface area contributed by atoms with E-state index in [0.29, 0.717) is 0 Å². The van der Waals surface area contributed by atoms with Gasteiger partial charge in [0, 0.05) is 16.4 Å². The first-order chi connectivity index (χ1) is 9.61. The third-order valence-electron chi connectivity index (χ3n) is 3.14. The van der Waals surface area contributed by atoms with E-state index in [0.717, 1.165) is 39.3 Å². The first-order valence-electron chi connectivity index (χ1n) is 6.72. The molecule has 0 bridgehead atoms. The molecule has 0 radical (unpaired) electrons. The van der Waals surface area contributed by atoms with E-state index in [1.165, 1.54) is 0 Å². The lowest BCUT2D eigenvalue weighted by atomic mass is 10.00. The van der Waals surface area contributed by atoms with Crippen LogP contribution in [0.2, 0.25) is 5.02 Å². The molecule has 20 heavy (non-hydrogen) atoms. The van der Waals surface area contributed by atoms with Crippen molar-refractivity contribution in [2.75, 3.05) is 6.54 Å². The third kappa shape index (κ3) is 3.81. The average Bonchev–Trinajstić information content (AvgIpc) is 2.45. The fourth-order valence-electron chi connectivity index (χ4n) is 2.06. The summed E-state index contributed by atoms with van der Waals surface area (Å²) >= 11 is 9.65. The molecule has 1 N–H and O–H groups in total. The summed E-state index contributed by atoms with van der Waals surface area (Å²) in [5.74, 6) is 0. The number of hydrogen-bond donors (Lipinski definition) is 1. The minimum absolute atomic E-state index is 0.119. The second kappa shape index (κ2) is 7.21. The van der Waals surface area contributed by atoms with Crippen molar-refractivity contribution in [2.24, 2.45) is 0 Å². The maximum Gasteiger partial charge on any atom is 0.0592 e. The summed E-state index contributed by atoms with van der Waals surface area (Å²) in [6.45, 7) is 5.10. The molecule has 2 aromatic rings. The first-order valence-corrected chi connectivity index (χ1v) is 7.89. The number of pyridine rings is 1. The molecule has 1 aromatic heterocycles. The number of benzene rings is 1. The molecular formula is C16H18BrClN2. The van der Waals surface area contributed by atoms with Crippen molar-refractivity contribution in [1.82, 2.24) is 10.3 Å². The van der Waals surface area contributed by atoms with Gasteiger partial charge in [-0.1, -0.05) is 30.7 Å². The second-order valence-corrected chi connectivity index (χ2v) is 6.06. The van der Waals surface area contributed by atoms with Crippen LogP contribution < -0.4 is 5.32 Å². The Hall–Kier alpha value is -0.900. The van der Waals surface area contributed by atoms with Gasteiger partial charge in [-0.3, -0.25) is 4.98 Å². The number of hydrogen-bond acceptors (Lipinski definition) is 2. The molecule has 4 heteroatoms. The lowest BCUT2D eigenvalue weighted by Gasteiger charge is -2.20. The molecule has 0 spiro atoms. The molecule has 1 heterocycles. The summed E-state index contributed by atoms with van der Waals surface area (Å²) < 4.78 is 0.916. The normalized spacial score (nSPS) is 12.4. The molecule has 0 aliphatic carbocycles. The molecule has 106 valence electrons. The van der Waals surface area contributed by atoms with E-state index in [1.807, 2.05) is 31.3 Å². The number of nitrogens with zero attached hydrogens (tertiary/aromatic N) is 1. The van der Waals surface area contributed by atoms with Crippen molar-refractivity contribution in [3.05, 3.63) is 62.8 Å². The van der Waals surface area contributed by atoms with Crippen LogP contribution in [0.1, 0.15) is 36.2 Å². The topological polar surface area (TPSA) is 24.9 Å². The molecule has 2 rings (SSSR count). The molecule has 1 aromatic carbocycles. The van der Waals surface area contributed by atoms with Crippen LogP contribution in [0.5, 0.6) is 0 Å². The van der Waals surface area contributed by atoms with E-state index < -0.39 is 0 Å². The maximum atomic E-state index is 6.21. The number of aryl methyl sites for hydroxylation is 1. The SMILES string of the molecule is CCCNC(c1ccc(C)nc1)c1ccc(Br)c(Cl)c1. The van der Waals surface area contributed by atoms with Gasteiger partial charge < -0.3 is 5.32 Å². The Morgan fingerprint density at radius 3 is 2.60 bits per heavy atom. The van der Waals surface area contributed by atoms with Crippen LogP contribution in [0.25, 0.3) is 0 Å². The van der Waals surface area contributed by atoms with Gasteiger partial charge in [0.1, 0.15) is 0 Å². The van der Waals surface area contributed by atoms with Gasteiger partial charge in [-0.15, -0.1) is 0 Å². The van der Waals surface area contributed by atoms with Gasteiger partial charge in [-0.25, -0.2) is 0 Å². The van der Waals surface area contributed by atoms with Crippen LogP contribution in [-0.4, -0.2) is 11.5 Å². The molecule has 0 saturated carbocycles. The zero-order chi connectivity index (χ0) is 14.5. The summed E-state index contributed by atoms with van der Waals surface area (Å²) in [5, 5.41) is 4.28. The standard InChI is InChI=1S/C16H18BrClN2/c1-3-8-19-16(13-5-4-11(2)20-10-13)12-6-7-14(17)15(18)9-12/h4-7,9-10,16,19H,3,8H2,1-2H3. The van der Waals surface area contributed by atoms with Crippen LogP contribution >= 0.6 is 27.5 Å². The Kier molecular flexibility index (Phi) is 5.58. The van der Waals surface area contributed by atoms with E-state index in [1.54, 1.807) is 0 Å². The smallest absolute Gasteiger partial charge is 0.0592 e. The minimum Gasteiger partial charge on any atom is -0.306 e. The summed E-state index contributed by atoms with van der Waals surface area (Å²) in [5.41, 5.74) is 3.33. The zero-order valence-corrected chi connectivity index (χ0v) is 14.0. The monoisotopic (exact) mass is 352 g/mol. The van der Waals surface area contributed by atoms with Crippen molar-refractivity contribution in [3.8, 4) is 0 Å². The average molecular weight is 354 g/mol. The van der Waals surface area contributed by atoms with E-state index >= 15 is 0 Å². The number of nitrogens with one attached hydrogen (secondary N) is 1. The van der Waals surface area contributed by atoms with Crippen LogP contribution in [0.15, 0.2) is 41.0 Å². The summed E-state index contributed by atoms with van der Waals surface area (Å²) in [7, 11) is 0. The highest BCUT2D eigenvalue weighted by molar-refractivity contribution is 9.10. The van der Waals surface area contributed by atoms with Gasteiger partial charge in [0.25, 0.3) is 0 Å². The van der Waals surface area contributed by atoms with Crippen LogP contribution in [0.4, 0.5) is 0 Å². The Bertz CT molecular complexity index is 569. The van der Waals surface area contributed by atoms with Crippen molar-refractivity contribution in [3.63, 3.8) is 0 Å². The third-order valence-corrected chi connectivity index (χ3v) is 4.38. The van der Waals surface area contributed by atoms with E-state index in [2.05, 4.69) is 45.3 Å². The fraction of sp³-hybridized carbons (Fsp3) is 0.312. The van der Waals surface area contributed by atoms with Gasteiger partial charge in [-0.05, 0) is 65.1 Å². The highest BCUT2D eigenvalue weighted by Crippen LogP contribution is 2.29. The molecule has 2 nitrogen and oxygen atoms in total. The zero-order valence-electron chi connectivity index (χ0n) is 11.7. The van der Waals surface area contributed by atoms with Gasteiger partial charge in [0.2, 0.25) is 0 Å². The van der Waals surface area contributed by atoms with Crippen LogP contribution in [-0.2, 0) is 0 Å². The van der Waals surface area contributed by atoms with Crippen molar-refractivity contribution >= 4 is 27.5 Å². The Morgan fingerprint density at radius 2 is 2.00 bits per heavy atom. The van der Waals surface area contributed by atoms with E-state index in [-0.39, 0.29) is 6.04 Å². The molecule has 1 unspecified atom stereocenters. The molecule has 1 atom stereocenters. The first kappa shape index (κ1) is 15.5. The van der Waals surface area contributed by atoms with Gasteiger partial charge in [0.05, 0.1) is 11.1 Å². The Balaban J connectivity index is 2.35. The van der Waals surface area contributed by atoms with Gasteiger partial charge in [-0.2, -0.15) is 0 Å². The minimum atomic E-state index is 0.119. The molecule has 0 fully saturated rings. The summed E-state index contributed by atoms with van der Waals surface area (Å²) in [6.07, 6.45) is 3.01. The molecule has 0 aliphatic heterocycles.